The van der Waals surface area contributed by atoms with Crippen molar-refractivity contribution < 1.29 is 9.90 Å². The summed E-state index contributed by atoms with van der Waals surface area (Å²) < 4.78 is 0.552. The van der Waals surface area contributed by atoms with Crippen molar-refractivity contribution in [3.05, 3.63) is 39.9 Å². The van der Waals surface area contributed by atoms with Crippen LogP contribution in [-0.2, 0) is 6.54 Å². The molecule has 0 radical (unpaired) electrons. The van der Waals surface area contributed by atoms with E-state index in [1.54, 1.807) is 26.1 Å². The zero-order chi connectivity index (χ0) is 14.0. The lowest BCUT2D eigenvalue weighted by Crippen LogP contribution is -2.26. The van der Waals surface area contributed by atoms with Gasteiger partial charge in [0.15, 0.2) is 5.82 Å². The maximum atomic E-state index is 12.2. The number of hydrogen-bond donors (Lipinski definition) is 2. The fourth-order valence-electron chi connectivity index (χ4n) is 1.61. The molecule has 0 fully saturated rings. The number of rotatable bonds is 3. The number of benzene rings is 1. The number of aryl methyl sites for hydroxylation is 1. The SMILES string of the molecule is Cc1nc(CN(C)C(=O)c2ccc(Br)c(O)c2)n[nH]1. The predicted molar refractivity (Wildman–Crippen MR) is 72.7 cm³/mol. The van der Waals surface area contributed by atoms with Crippen LogP contribution >= 0.6 is 15.9 Å². The van der Waals surface area contributed by atoms with E-state index in [0.29, 0.717) is 28.2 Å². The standard InChI is InChI=1S/C12H13BrN4O2/c1-7-14-11(16-15-7)6-17(2)12(19)8-3-4-9(13)10(18)5-8/h3-5,18H,6H2,1-2H3,(H,14,15,16). The third-order valence-electron chi connectivity index (χ3n) is 2.56. The van der Waals surface area contributed by atoms with Gasteiger partial charge >= 0.3 is 0 Å². The first-order valence-corrected chi connectivity index (χ1v) is 6.38. The van der Waals surface area contributed by atoms with Crippen molar-refractivity contribution in [1.82, 2.24) is 20.1 Å². The van der Waals surface area contributed by atoms with Gasteiger partial charge in [-0.25, -0.2) is 4.98 Å². The van der Waals surface area contributed by atoms with Gasteiger partial charge in [0.1, 0.15) is 11.6 Å². The van der Waals surface area contributed by atoms with E-state index in [-0.39, 0.29) is 11.7 Å². The number of aromatic nitrogens is 3. The molecule has 0 aliphatic rings. The van der Waals surface area contributed by atoms with E-state index >= 15 is 0 Å². The second kappa shape index (κ2) is 5.40. The molecule has 7 heteroatoms. The largest absolute Gasteiger partial charge is 0.507 e. The van der Waals surface area contributed by atoms with Crippen LogP contribution in [0.25, 0.3) is 0 Å². The Labute approximate surface area is 118 Å². The van der Waals surface area contributed by atoms with Crippen LogP contribution in [0.2, 0.25) is 0 Å². The monoisotopic (exact) mass is 324 g/mol. The molecular formula is C12H13BrN4O2. The number of aromatic hydroxyl groups is 1. The number of amides is 1. The number of hydrogen-bond acceptors (Lipinski definition) is 4. The number of halogens is 1. The van der Waals surface area contributed by atoms with Gasteiger partial charge in [-0.1, -0.05) is 0 Å². The first kappa shape index (κ1) is 13.5. The zero-order valence-corrected chi connectivity index (χ0v) is 12.1. The third-order valence-corrected chi connectivity index (χ3v) is 3.23. The summed E-state index contributed by atoms with van der Waals surface area (Å²) in [5, 5.41) is 16.3. The number of H-pyrrole nitrogens is 1. The topological polar surface area (TPSA) is 82.1 Å². The lowest BCUT2D eigenvalue weighted by atomic mass is 10.2. The Hall–Kier alpha value is -1.89. The highest BCUT2D eigenvalue weighted by molar-refractivity contribution is 9.10. The maximum Gasteiger partial charge on any atom is 0.254 e. The summed E-state index contributed by atoms with van der Waals surface area (Å²) >= 11 is 3.17. The van der Waals surface area contributed by atoms with E-state index in [2.05, 4.69) is 31.1 Å². The molecule has 19 heavy (non-hydrogen) atoms. The van der Waals surface area contributed by atoms with E-state index in [1.807, 2.05) is 0 Å². The Kier molecular flexibility index (Phi) is 3.84. The Morgan fingerprint density at radius 3 is 2.84 bits per heavy atom. The Morgan fingerprint density at radius 2 is 2.26 bits per heavy atom. The molecule has 1 amide bonds. The Morgan fingerprint density at radius 1 is 1.53 bits per heavy atom. The number of nitrogens with zero attached hydrogens (tertiary/aromatic N) is 3. The molecule has 2 rings (SSSR count). The average molecular weight is 325 g/mol. The number of carbonyl (C=O) groups is 1. The highest BCUT2D eigenvalue weighted by Gasteiger charge is 2.15. The Bertz CT molecular complexity index is 612. The highest BCUT2D eigenvalue weighted by Crippen LogP contribution is 2.24. The lowest BCUT2D eigenvalue weighted by Gasteiger charge is -2.15. The first-order valence-electron chi connectivity index (χ1n) is 5.59. The van der Waals surface area contributed by atoms with Crippen molar-refractivity contribution in [3.63, 3.8) is 0 Å². The van der Waals surface area contributed by atoms with Crippen LogP contribution in [0.3, 0.4) is 0 Å². The van der Waals surface area contributed by atoms with Crippen LogP contribution in [0, 0.1) is 6.92 Å². The van der Waals surface area contributed by atoms with Crippen molar-refractivity contribution in [2.45, 2.75) is 13.5 Å². The van der Waals surface area contributed by atoms with E-state index in [4.69, 9.17) is 0 Å². The number of phenols is 1. The van der Waals surface area contributed by atoms with Gasteiger partial charge in [0.05, 0.1) is 11.0 Å². The minimum absolute atomic E-state index is 0.0352. The van der Waals surface area contributed by atoms with Gasteiger partial charge in [0.25, 0.3) is 5.91 Å². The van der Waals surface area contributed by atoms with Gasteiger partial charge < -0.3 is 10.0 Å². The van der Waals surface area contributed by atoms with Crippen LogP contribution in [0.1, 0.15) is 22.0 Å². The van der Waals surface area contributed by atoms with Gasteiger partial charge in [-0.2, -0.15) is 5.10 Å². The van der Waals surface area contributed by atoms with E-state index < -0.39 is 0 Å². The fraction of sp³-hybridized carbons (Fsp3) is 0.250. The van der Waals surface area contributed by atoms with Gasteiger partial charge in [-0.3, -0.25) is 9.89 Å². The molecule has 0 unspecified atom stereocenters. The van der Waals surface area contributed by atoms with Crippen LogP contribution in [-0.4, -0.2) is 38.1 Å². The quantitative estimate of drug-likeness (QED) is 0.902. The van der Waals surface area contributed by atoms with E-state index in [1.165, 1.54) is 11.0 Å². The summed E-state index contributed by atoms with van der Waals surface area (Å²) in [4.78, 5) is 17.8. The molecule has 0 aliphatic carbocycles. The minimum Gasteiger partial charge on any atom is -0.507 e. The molecule has 0 saturated carbocycles. The van der Waals surface area contributed by atoms with E-state index in [9.17, 15) is 9.90 Å². The fourth-order valence-corrected chi connectivity index (χ4v) is 1.86. The average Bonchev–Trinajstić information content (AvgIpc) is 2.77. The molecule has 0 spiro atoms. The van der Waals surface area contributed by atoms with Crippen molar-refractivity contribution in [2.24, 2.45) is 0 Å². The molecule has 6 nitrogen and oxygen atoms in total. The summed E-state index contributed by atoms with van der Waals surface area (Å²) in [5.41, 5.74) is 0.412. The molecule has 1 heterocycles. The van der Waals surface area contributed by atoms with Gasteiger partial charge in [-0.05, 0) is 41.1 Å². The molecule has 0 atom stereocenters. The molecule has 1 aromatic heterocycles. The van der Waals surface area contributed by atoms with Crippen LogP contribution < -0.4 is 0 Å². The second-order valence-corrected chi connectivity index (χ2v) is 5.02. The number of nitrogens with one attached hydrogen (secondary N) is 1. The highest BCUT2D eigenvalue weighted by atomic mass is 79.9. The second-order valence-electron chi connectivity index (χ2n) is 4.16. The molecular weight excluding hydrogens is 312 g/mol. The van der Waals surface area contributed by atoms with Crippen molar-refractivity contribution in [2.75, 3.05) is 7.05 Å². The molecule has 0 bridgehead atoms. The van der Waals surface area contributed by atoms with Crippen LogP contribution in [0.4, 0.5) is 0 Å². The molecule has 0 aliphatic heterocycles. The first-order chi connectivity index (χ1) is 8.97. The predicted octanol–water partition coefficient (Wildman–Crippen LogP) is 1.85. The van der Waals surface area contributed by atoms with Gasteiger partial charge in [0, 0.05) is 12.6 Å². The maximum absolute atomic E-state index is 12.2. The van der Waals surface area contributed by atoms with Crippen molar-refractivity contribution in [3.8, 4) is 5.75 Å². The summed E-state index contributed by atoms with van der Waals surface area (Å²) in [6.45, 7) is 2.10. The van der Waals surface area contributed by atoms with Crippen molar-refractivity contribution in [1.29, 1.82) is 0 Å². The molecule has 100 valence electrons. The number of carbonyl (C=O) groups excluding carboxylic acids is 1. The van der Waals surface area contributed by atoms with Crippen LogP contribution in [0.5, 0.6) is 5.75 Å². The molecule has 2 N–H and O–H groups in total. The summed E-state index contributed by atoms with van der Waals surface area (Å²) in [6, 6.07) is 4.70. The minimum atomic E-state index is -0.203. The summed E-state index contributed by atoms with van der Waals surface area (Å²) in [5.74, 6) is 1.09. The molecule has 2 aromatic rings. The van der Waals surface area contributed by atoms with Gasteiger partial charge in [-0.15, -0.1) is 0 Å². The normalized spacial score (nSPS) is 10.5. The summed E-state index contributed by atoms with van der Waals surface area (Å²) in [7, 11) is 1.66. The Balaban J connectivity index is 2.12. The number of aromatic amines is 1. The third kappa shape index (κ3) is 3.11. The lowest BCUT2D eigenvalue weighted by molar-refractivity contribution is 0.0781. The summed E-state index contributed by atoms with van der Waals surface area (Å²) in [6.07, 6.45) is 0. The molecule has 0 saturated heterocycles. The van der Waals surface area contributed by atoms with E-state index in [0.717, 1.165) is 0 Å². The molecule has 1 aromatic carbocycles. The van der Waals surface area contributed by atoms with Crippen LogP contribution in [0.15, 0.2) is 22.7 Å². The smallest absolute Gasteiger partial charge is 0.254 e. The van der Waals surface area contributed by atoms with Gasteiger partial charge in [0.2, 0.25) is 0 Å². The zero-order valence-electron chi connectivity index (χ0n) is 10.5. The number of phenolic OH excluding ortho intramolecular Hbond substituents is 1. The van der Waals surface area contributed by atoms with Crippen molar-refractivity contribution >= 4 is 21.8 Å².